The fourth-order valence-electron chi connectivity index (χ4n) is 3.25. The zero-order valence-corrected chi connectivity index (χ0v) is 18.4. The Hall–Kier alpha value is -0.870. The monoisotopic (exact) mass is 400 g/mol. The topological polar surface area (TPSA) is 69.6 Å². The summed E-state index contributed by atoms with van der Waals surface area (Å²) in [6.07, 6.45) is 19.8. The highest BCUT2D eigenvalue weighted by Crippen LogP contribution is 2.12. The molecule has 0 aliphatic carbocycles. The molecule has 2 atom stereocenters. The molecule has 1 amide bonds. The van der Waals surface area contributed by atoms with Crippen molar-refractivity contribution in [3.63, 3.8) is 0 Å². The normalized spacial score (nSPS) is 15.3. The van der Waals surface area contributed by atoms with Gasteiger partial charge >= 0.3 is 0 Å². The second kappa shape index (κ2) is 20.9. The van der Waals surface area contributed by atoms with Crippen LogP contribution in [0.5, 0.6) is 0 Å². The maximum absolute atomic E-state index is 11.9. The minimum atomic E-state index is -2.68. The summed E-state index contributed by atoms with van der Waals surface area (Å²) >= 11 is 0. The summed E-state index contributed by atoms with van der Waals surface area (Å²) in [6.45, 7) is 1.60. The molecule has 4 nitrogen and oxygen atoms in total. The van der Waals surface area contributed by atoms with Gasteiger partial charge in [-0.25, -0.2) is 0 Å². The molecule has 28 heavy (non-hydrogen) atoms. The van der Waals surface area contributed by atoms with Gasteiger partial charge in [0.05, 0.1) is 21.4 Å². The van der Waals surface area contributed by atoms with Crippen molar-refractivity contribution >= 4 is 5.91 Å². The molecule has 0 saturated heterocycles. The van der Waals surface area contributed by atoms with Gasteiger partial charge in [-0.1, -0.05) is 103 Å². The first-order valence-electron chi connectivity index (χ1n) is 12.7. The van der Waals surface area contributed by atoms with E-state index in [0.29, 0.717) is 6.42 Å². The SMILES string of the molecule is [2H]C([2H])(O)[13C@@H](NC(=O)CCCCC)[C@H](O)C=CCCCCCCCCCCCCC. The van der Waals surface area contributed by atoms with Crippen LogP contribution in [0, 0.1) is 0 Å². The van der Waals surface area contributed by atoms with Gasteiger partial charge in [-0.2, -0.15) is 0 Å². The highest BCUT2D eigenvalue weighted by molar-refractivity contribution is 5.76. The van der Waals surface area contributed by atoms with E-state index in [1.165, 1.54) is 63.9 Å². The van der Waals surface area contributed by atoms with Crippen molar-refractivity contribution in [1.82, 2.24) is 5.32 Å². The molecule has 0 fully saturated rings. The van der Waals surface area contributed by atoms with Crippen molar-refractivity contribution in [3.05, 3.63) is 12.2 Å². The first-order chi connectivity index (χ1) is 14.3. The van der Waals surface area contributed by atoms with Crippen LogP contribution in [0.25, 0.3) is 0 Å². The average Bonchev–Trinajstić information content (AvgIpc) is 2.69. The standard InChI is InChI=1S/C24H47NO3/c1-3-5-7-8-9-10-11-12-13-14-15-16-18-19-23(27)22(21-26)25-24(28)20-17-6-4-2/h18-19,22-23,26-27H,3-17,20-21H2,1-2H3,(H,25,28)/t22-,23-/m1/s1/i21D2,22+1. The van der Waals surface area contributed by atoms with Crippen LogP contribution in [0.1, 0.15) is 119 Å². The van der Waals surface area contributed by atoms with E-state index < -0.39 is 18.7 Å². The summed E-state index contributed by atoms with van der Waals surface area (Å²) in [4.78, 5) is 11.9. The van der Waals surface area contributed by atoms with Crippen molar-refractivity contribution in [1.29, 1.82) is 0 Å². The molecule has 0 unspecified atom stereocenters. The summed E-state index contributed by atoms with van der Waals surface area (Å²) in [5.41, 5.74) is 0. The number of aliphatic hydroxyl groups excluding tert-OH is 1. The van der Waals surface area contributed by atoms with E-state index in [0.717, 1.165) is 32.1 Å². The molecule has 4 heteroatoms. The van der Waals surface area contributed by atoms with E-state index in [2.05, 4.69) is 12.2 Å². The molecule has 0 aromatic carbocycles. The number of allylic oxidation sites excluding steroid dienone is 1. The Kier molecular flexibility index (Phi) is 17.4. The van der Waals surface area contributed by atoms with Crippen molar-refractivity contribution in [3.8, 4) is 0 Å². The smallest absolute Gasteiger partial charge is 0.220 e. The summed E-state index contributed by atoms with van der Waals surface area (Å²) < 4.78 is 15.0. The van der Waals surface area contributed by atoms with Gasteiger partial charge in [0.1, 0.15) is 0 Å². The number of nitrogens with one attached hydrogen (secondary N) is 1. The van der Waals surface area contributed by atoms with E-state index in [4.69, 9.17) is 2.74 Å². The van der Waals surface area contributed by atoms with Gasteiger partial charge in [-0.3, -0.25) is 4.79 Å². The van der Waals surface area contributed by atoms with Crippen LogP contribution >= 0.6 is 0 Å². The predicted molar refractivity (Wildman–Crippen MR) is 119 cm³/mol. The van der Waals surface area contributed by atoms with Crippen molar-refractivity contribution < 1.29 is 17.7 Å². The van der Waals surface area contributed by atoms with Crippen LogP contribution in [0.3, 0.4) is 0 Å². The molecule has 166 valence electrons. The minimum absolute atomic E-state index is 0.273. The Labute approximate surface area is 177 Å². The lowest BCUT2D eigenvalue weighted by atomic mass is 10.1. The molecule has 0 aliphatic rings. The average molecular weight is 401 g/mol. The Bertz CT molecular complexity index is 439. The number of carbonyl (C=O) groups is 1. The first-order valence-corrected chi connectivity index (χ1v) is 11.7. The Balaban J connectivity index is 3.98. The lowest BCUT2D eigenvalue weighted by Gasteiger charge is -2.19. The molecule has 0 aromatic heterocycles. The third-order valence-corrected chi connectivity index (χ3v) is 5.11. The fourth-order valence-corrected chi connectivity index (χ4v) is 3.25. The summed E-state index contributed by atoms with van der Waals surface area (Å²) in [7, 11) is 0. The van der Waals surface area contributed by atoms with E-state index in [9.17, 15) is 15.0 Å². The first kappa shape index (κ1) is 23.4. The van der Waals surface area contributed by atoms with Gasteiger partial charge < -0.3 is 15.5 Å². The van der Waals surface area contributed by atoms with Gasteiger partial charge in [0.25, 0.3) is 0 Å². The molecule has 0 saturated carbocycles. The van der Waals surface area contributed by atoms with Crippen LogP contribution in [0.15, 0.2) is 12.2 Å². The quantitative estimate of drug-likeness (QED) is 0.140. The fraction of sp³-hybridized carbons (Fsp3) is 0.875. The van der Waals surface area contributed by atoms with Crippen LogP contribution in [0.2, 0.25) is 0 Å². The molecular formula is C24H47NO3. The number of hydrogen-bond acceptors (Lipinski definition) is 3. The van der Waals surface area contributed by atoms with Crippen molar-refractivity contribution in [2.45, 2.75) is 129 Å². The third-order valence-electron chi connectivity index (χ3n) is 5.11. The summed E-state index contributed by atoms with van der Waals surface area (Å²) in [5.74, 6) is -0.343. The number of hydrogen-bond donors (Lipinski definition) is 3. The van der Waals surface area contributed by atoms with Gasteiger partial charge in [0.2, 0.25) is 5.91 Å². The van der Waals surface area contributed by atoms with E-state index in [-0.39, 0.29) is 12.3 Å². The minimum Gasteiger partial charge on any atom is -0.394 e. The molecular weight excluding hydrogens is 351 g/mol. The Morgan fingerprint density at radius 2 is 1.39 bits per heavy atom. The van der Waals surface area contributed by atoms with E-state index in [1.54, 1.807) is 0 Å². The predicted octanol–water partition coefficient (Wildman–Crippen LogP) is 5.66. The molecule has 0 bridgehead atoms. The lowest BCUT2D eigenvalue weighted by Crippen LogP contribution is -2.45. The van der Waals surface area contributed by atoms with Gasteiger partial charge in [0, 0.05) is 6.42 Å². The number of rotatable bonds is 20. The van der Waals surface area contributed by atoms with Crippen molar-refractivity contribution in [2.75, 3.05) is 6.56 Å². The van der Waals surface area contributed by atoms with Crippen molar-refractivity contribution in [2.24, 2.45) is 0 Å². The van der Waals surface area contributed by atoms with E-state index in [1.807, 2.05) is 13.0 Å². The maximum atomic E-state index is 11.9. The zero-order valence-electron chi connectivity index (χ0n) is 20.4. The number of unbranched alkanes of at least 4 members (excludes halogenated alkanes) is 13. The van der Waals surface area contributed by atoms with Gasteiger partial charge in [-0.05, 0) is 19.3 Å². The van der Waals surface area contributed by atoms with Crippen LogP contribution < -0.4 is 5.32 Å². The Morgan fingerprint density at radius 1 is 0.893 bits per heavy atom. The molecule has 0 rings (SSSR count). The molecule has 0 aliphatic heterocycles. The molecule has 0 heterocycles. The number of carbonyl (C=O) groups excluding carboxylic acids is 1. The number of amides is 1. The van der Waals surface area contributed by atoms with Crippen LogP contribution in [0.4, 0.5) is 0 Å². The largest absolute Gasteiger partial charge is 0.394 e. The Morgan fingerprint density at radius 3 is 1.93 bits per heavy atom. The molecule has 0 spiro atoms. The summed E-state index contributed by atoms with van der Waals surface area (Å²) in [6, 6.07) is -1.36. The van der Waals surface area contributed by atoms with Gasteiger partial charge in [0.15, 0.2) is 0 Å². The molecule has 3 N–H and O–H groups in total. The molecule has 0 radical (unpaired) electrons. The second-order valence-electron chi connectivity index (χ2n) is 7.87. The van der Waals surface area contributed by atoms with Crippen LogP contribution in [-0.4, -0.2) is 34.8 Å². The second-order valence-corrected chi connectivity index (χ2v) is 7.87. The van der Waals surface area contributed by atoms with Crippen LogP contribution in [-0.2, 0) is 4.79 Å². The van der Waals surface area contributed by atoms with E-state index >= 15 is 0 Å². The highest BCUT2D eigenvalue weighted by atomic mass is 16.3. The zero-order chi connectivity index (χ0) is 22.7. The maximum Gasteiger partial charge on any atom is 0.220 e. The molecule has 0 aromatic rings. The third kappa shape index (κ3) is 17.2. The van der Waals surface area contributed by atoms with Gasteiger partial charge in [-0.15, -0.1) is 0 Å². The summed E-state index contributed by atoms with van der Waals surface area (Å²) in [5, 5.41) is 22.4. The number of aliphatic hydroxyl groups is 2. The highest BCUT2D eigenvalue weighted by Gasteiger charge is 2.17. The lowest BCUT2D eigenvalue weighted by molar-refractivity contribution is -0.123.